The van der Waals surface area contributed by atoms with Crippen LogP contribution in [0.5, 0.6) is 0 Å². The molecule has 1 aromatic rings. The number of carbonyl (C=O) groups excluding carboxylic acids is 1. The minimum absolute atomic E-state index is 0. The predicted octanol–water partition coefficient (Wildman–Crippen LogP) is 2.33. The number of benzene rings is 1. The second kappa shape index (κ2) is 11.6. The molecule has 0 aromatic heterocycles. The van der Waals surface area contributed by atoms with Gasteiger partial charge in [0.2, 0.25) is 5.91 Å². The maximum Gasteiger partial charge on any atom is 0.406 e. The fourth-order valence-electron chi connectivity index (χ4n) is 3.17. The third-order valence-electron chi connectivity index (χ3n) is 4.61. The van der Waals surface area contributed by atoms with Crippen molar-refractivity contribution in [3.05, 3.63) is 35.4 Å². The highest BCUT2D eigenvalue weighted by Gasteiger charge is 2.31. The highest BCUT2D eigenvalue weighted by atomic mass is 127. The summed E-state index contributed by atoms with van der Waals surface area (Å²) in [6, 6.07) is 8.42. The van der Waals surface area contributed by atoms with Crippen LogP contribution < -0.4 is 5.32 Å². The van der Waals surface area contributed by atoms with Gasteiger partial charge in [0.25, 0.3) is 0 Å². The van der Waals surface area contributed by atoms with Gasteiger partial charge in [0.1, 0.15) is 6.54 Å². The van der Waals surface area contributed by atoms with E-state index in [9.17, 15) is 18.0 Å². The van der Waals surface area contributed by atoms with Crippen LogP contribution in [0.4, 0.5) is 13.2 Å². The Balaban J connectivity index is 0.00000420. The lowest BCUT2D eigenvalue weighted by atomic mass is 10.1. The number of aliphatic imine (C=N–C) groups is 1. The van der Waals surface area contributed by atoms with Crippen molar-refractivity contribution in [2.24, 2.45) is 4.99 Å². The van der Waals surface area contributed by atoms with Crippen molar-refractivity contribution in [2.45, 2.75) is 19.6 Å². The lowest BCUT2D eigenvalue weighted by molar-refractivity contribution is -0.157. The van der Waals surface area contributed by atoms with E-state index in [4.69, 9.17) is 0 Å². The number of amides is 1. The fourth-order valence-corrected chi connectivity index (χ4v) is 3.17. The fraction of sp³-hybridized carbons (Fsp3) is 0.579. The van der Waals surface area contributed by atoms with E-state index in [-0.39, 0.29) is 30.5 Å². The van der Waals surface area contributed by atoms with Crippen LogP contribution in [0.15, 0.2) is 29.3 Å². The van der Waals surface area contributed by atoms with Gasteiger partial charge >= 0.3 is 6.18 Å². The Bertz CT molecular complexity index is 691. The number of hydrogen-bond acceptors (Lipinski definition) is 3. The Morgan fingerprint density at radius 2 is 1.90 bits per heavy atom. The Labute approximate surface area is 187 Å². The number of piperazine rings is 1. The van der Waals surface area contributed by atoms with Crippen LogP contribution >= 0.6 is 24.0 Å². The maximum atomic E-state index is 12.4. The smallest absolute Gasteiger partial charge is 0.347 e. The molecule has 1 amide bonds. The largest absolute Gasteiger partial charge is 0.406 e. The predicted molar refractivity (Wildman–Crippen MR) is 118 cm³/mol. The zero-order valence-corrected chi connectivity index (χ0v) is 19.3. The molecule has 1 heterocycles. The van der Waals surface area contributed by atoms with E-state index in [0.29, 0.717) is 10.9 Å². The first-order valence-corrected chi connectivity index (χ1v) is 9.22. The molecule has 1 aromatic carbocycles. The number of likely N-dealkylation sites (N-methyl/N-ethyl adjacent to an activating group) is 1. The van der Waals surface area contributed by atoms with Gasteiger partial charge in [-0.3, -0.25) is 14.7 Å². The third kappa shape index (κ3) is 8.77. The molecular formula is C19H29F3IN5O. The standard InChI is InChI=1S/C19H28F3N5O.HI/c1-15-5-4-6-16(11-15)13-26-7-9-27(10-8-26)18(23-2)24-12-17(28)25(3)14-19(20,21)22;/h4-6,11H,7-10,12-14H2,1-3H3,(H,23,24);1H. The summed E-state index contributed by atoms with van der Waals surface area (Å²) in [4.78, 5) is 21.1. The van der Waals surface area contributed by atoms with Gasteiger partial charge in [-0.05, 0) is 12.5 Å². The molecular weight excluding hydrogens is 498 g/mol. The first-order chi connectivity index (χ1) is 13.2. The Morgan fingerprint density at radius 3 is 2.45 bits per heavy atom. The number of nitrogens with zero attached hydrogens (tertiary/aromatic N) is 4. The number of halogens is 4. The summed E-state index contributed by atoms with van der Waals surface area (Å²) in [7, 11) is 2.75. The second-order valence-electron chi connectivity index (χ2n) is 7.02. The molecule has 1 fully saturated rings. The van der Waals surface area contributed by atoms with Crippen molar-refractivity contribution >= 4 is 35.8 Å². The second-order valence-corrected chi connectivity index (χ2v) is 7.02. The summed E-state index contributed by atoms with van der Waals surface area (Å²) in [5.74, 6) is -0.0967. The molecule has 0 saturated carbocycles. The molecule has 10 heteroatoms. The number of nitrogens with one attached hydrogen (secondary N) is 1. The van der Waals surface area contributed by atoms with Crippen molar-refractivity contribution in [1.29, 1.82) is 0 Å². The van der Waals surface area contributed by atoms with Gasteiger partial charge in [-0.25, -0.2) is 0 Å². The van der Waals surface area contributed by atoms with Crippen LogP contribution in [-0.2, 0) is 11.3 Å². The molecule has 1 N–H and O–H groups in total. The van der Waals surface area contributed by atoms with E-state index >= 15 is 0 Å². The first kappa shape index (κ1) is 25.5. The first-order valence-electron chi connectivity index (χ1n) is 9.22. The number of rotatable bonds is 5. The summed E-state index contributed by atoms with van der Waals surface area (Å²) in [5.41, 5.74) is 2.51. The third-order valence-corrected chi connectivity index (χ3v) is 4.61. The molecule has 164 valence electrons. The Hall–Kier alpha value is -1.56. The number of carbonyl (C=O) groups is 1. The quantitative estimate of drug-likeness (QED) is 0.363. The molecule has 1 aliphatic rings. The maximum absolute atomic E-state index is 12.4. The molecule has 0 spiro atoms. The van der Waals surface area contributed by atoms with Crippen molar-refractivity contribution in [3.8, 4) is 0 Å². The van der Waals surface area contributed by atoms with Crippen molar-refractivity contribution < 1.29 is 18.0 Å². The molecule has 1 saturated heterocycles. The van der Waals surface area contributed by atoms with Gasteiger partial charge in [-0.15, -0.1) is 24.0 Å². The zero-order chi connectivity index (χ0) is 20.7. The normalized spacial score (nSPS) is 15.7. The number of aryl methyl sites for hydroxylation is 1. The van der Waals surface area contributed by atoms with Crippen molar-refractivity contribution in [1.82, 2.24) is 20.0 Å². The molecule has 0 bridgehead atoms. The summed E-state index contributed by atoms with van der Waals surface area (Å²) in [5, 5.41) is 2.88. The van der Waals surface area contributed by atoms with Crippen molar-refractivity contribution in [2.75, 3.05) is 53.4 Å². The van der Waals surface area contributed by atoms with Gasteiger partial charge in [-0.2, -0.15) is 13.2 Å². The van der Waals surface area contributed by atoms with E-state index in [2.05, 4.69) is 46.4 Å². The lowest BCUT2D eigenvalue weighted by Gasteiger charge is -2.36. The van der Waals surface area contributed by atoms with E-state index in [1.807, 2.05) is 4.90 Å². The molecule has 0 radical (unpaired) electrons. The number of alkyl halides is 3. The van der Waals surface area contributed by atoms with Crippen LogP contribution in [0, 0.1) is 6.92 Å². The van der Waals surface area contributed by atoms with Gasteiger partial charge in [0.05, 0.1) is 6.54 Å². The van der Waals surface area contributed by atoms with Gasteiger partial charge < -0.3 is 15.1 Å². The monoisotopic (exact) mass is 527 g/mol. The highest BCUT2D eigenvalue weighted by Crippen LogP contribution is 2.15. The summed E-state index contributed by atoms with van der Waals surface area (Å²) in [6.07, 6.45) is -4.40. The van der Waals surface area contributed by atoms with Crippen molar-refractivity contribution in [3.63, 3.8) is 0 Å². The molecule has 2 rings (SSSR count). The molecule has 0 aliphatic carbocycles. The van der Waals surface area contributed by atoms with E-state index < -0.39 is 18.6 Å². The lowest BCUT2D eigenvalue weighted by Crippen LogP contribution is -2.53. The average Bonchev–Trinajstić information content (AvgIpc) is 2.62. The molecule has 1 aliphatic heterocycles. The zero-order valence-electron chi connectivity index (χ0n) is 17.0. The SMILES string of the molecule is CN=C(NCC(=O)N(C)CC(F)(F)F)N1CCN(Cc2cccc(C)c2)CC1.I. The number of hydrogen-bond donors (Lipinski definition) is 1. The van der Waals surface area contributed by atoms with Gasteiger partial charge in [0, 0.05) is 46.8 Å². The van der Waals surface area contributed by atoms with Crippen LogP contribution in [0.2, 0.25) is 0 Å². The Kier molecular flexibility index (Phi) is 10.2. The topological polar surface area (TPSA) is 51.2 Å². The molecule has 0 unspecified atom stereocenters. The van der Waals surface area contributed by atoms with Gasteiger partial charge in [-0.1, -0.05) is 29.8 Å². The van der Waals surface area contributed by atoms with Crippen LogP contribution in [0.1, 0.15) is 11.1 Å². The van der Waals surface area contributed by atoms with Gasteiger partial charge in [0.15, 0.2) is 5.96 Å². The van der Waals surface area contributed by atoms with E-state index in [1.165, 1.54) is 11.1 Å². The molecule has 29 heavy (non-hydrogen) atoms. The highest BCUT2D eigenvalue weighted by molar-refractivity contribution is 14.0. The summed E-state index contributed by atoms with van der Waals surface area (Å²) >= 11 is 0. The average molecular weight is 527 g/mol. The minimum Gasteiger partial charge on any atom is -0.347 e. The number of guanidine groups is 1. The summed E-state index contributed by atoms with van der Waals surface area (Å²) < 4.78 is 37.2. The van der Waals surface area contributed by atoms with Crippen LogP contribution in [-0.4, -0.2) is 86.1 Å². The van der Waals surface area contributed by atoms with E-state index in [0.717, 1.165) is 39.8 Å². The Morgan fingerprint density at radius 1 is 1.24 bits per heavy atom. The molecule has 6 nitrogen and oxygen atoms in total. The van der Waals surface area contributed by atoms with E-state index in [1.54, 1.807) is 7.05 Å². The minimum atomic E-state index is -4.40. The van der Waals surface area contributed by atoms with Crippen LogP contribution in [0.25, 0.3) is 0 Å². The summed E-state index contributed by atoms with van der Waals surface area (Å²) in [6.45, 7) is 4.63. The molecule has 0 atom stereocenters. The van der Waals surface area contributed by atoms with Crippen LogP contribution in [0.3, 0.4) is 0 Å².